The van der Waals surface area contributed by atoms with Crippen molar-refractivity contribution in [1.29, 1.82) is 0 Å². The Morgan fingerprint density at radius 2 is 1.86 bits per heavy atom. The predicted molar refractivity (Wildman–Crippen MR) is 81.3 cm³/mol. The van der Waals surface area contributed by atoms with E-state index in [0.29, 0.717) is 30.5 Å². The quantitative estimate of drug-likeness (QED) is 0.424. The zero-order valence-electron chi connectivity index (χ0n) is 10.5. The highest BCUT2D eigenvalue weighted by atomic mass is 79.9. The van der Waals surface area contributed by atoms with Gasteiger partial charge in [-0.3, -0.25) is 10.1 Å². The highest BCUT2D eigenvalue weighted by molar-refractivity contribution is 9.11. The first-order chi connectivity index (χ1) is 10.1. The third-order valence-corrected chi connectivity index (χ3v) is 4.61. The van der Waals surface area contributed by atoms with E-state index < -0.39 is 4.92 Å². The highest BCUT2D eigenvalue weighted by Gasteiger charge is 2.24. The molecule has 0 bridgehead atoms. The first kappa shape index (κ1) is 14.4. The molecule has 110 valence electrons. The van der Waals surface area contributed by atoms with Crippen LogP contribution in [0.15, 0.2) is 33.2 Å². The van der Waals surface area contributed by atoms with Crippen molar-refractivity contribution in [2.45, 2.75) is 4.83 Å². The molecule has 6 nitrogen and oxygen atoms in total. The Balaban J connectivity index is 1.96. The first-order valence-electron chi connectivity index (χ1n) is 6.03. The lowest BCUT2D eigenvalue weighted by atomic mass is 10.1. The van der Waals surface area contributed by atoms with E-state index in [0.717, 1.165) is 10.0 Å². The van der Waals surface area contributed by atoms with Gasteiger partial charge in [-0.25, -0.2) is 0 Å². The maximum Gasteiger partial charge on any atom is 0.433 e. The van der Waals surface area contributed by atoms with Gasteiger partial charge in [0.2, 0.25) is 0 Å². The summed E-state index contributed by atoms with van der Waals surface area (Å²) in [5.74, 6) is 1.47. The van der Waals surface area contributed by atoms with Crippen molar-refractivity contribution < 1.29 is 18.8 Å². The smallest absolute Gasteiger partial charge is 0.433 e. The number of alkyl halides is 1. The maximum absolute atomic E-state index is 10.7. The minimum atomic E-state index is -0.567. The predicted octanol–water partition coefficient (Wildman–Crippen LogP) is 4.21. The molecule has 0 saturated carbocycles. The van der Waals surface area contributed by atoms with Gasteiger partial charge in [0.1, 0.15) is 23.9 Å². The summed E-state index contributed by atoms with van der Waals surface area (Å²) < 4.78 is 17.1. The van der Waals surface area contributed by atoms with Crippen molar-refractivity contribution in [2.24, 2.45) is 0 Å². The molecule has 1 aliphatic heterocycles. The van der Waals surface area contributed by atoms with Crippen LogP contribution in [0.3, 0.4) is 0 Å². The number of halogens is 2. The molecule has 3 rings (SSSR count). The number of ether oxygens (including phenoxy) is 2. The summed E-state index contributed by atoms with van der Waals surface area (Å²) in [4.78, 5) is 9.78. The molecule has 21 heavy (non-hydrogen) atoms. The molecule has 0 fully saturated rings. The van der Waals surface area contributed by atoms with E-state index >= 15 is 0 Å². The van der Waals surface area contributed by atoms with Gasteiger partial charge in [-0.15, -0.1) is 0 Å². The molecule has 0 saturated heterocycles. The topological polar surface area (TPSA) is 74.7 Å². The third kappa shape index (κ3) is 2.77. The molecule has 0 aliphatic carbocycles. The SMILES string of the molecule is O=[N+]([O-])c1ccc(C(Br)c2cc3c(cc2Br)OCCO3)o1. The van der Waals surface area contributed by atoms with Gasteiger partial charge in [0, 0.05) is 4.47 Å². The molecule has 2 heterocycles. The molecular weight excluding hydrogens is 410 g/mol. The van der Waals surface area contributed by atoms with E-state index in [-0.39, 0.29) is 10.7 Å². The highest BCUT2D eigenvalue weighted by Crippen LogP contribution is 2.43. The molecule has 8 heteroatoms. The van der Waals surface area contributed by atoms with Crippen LogP contribution in [-0.2, 0) is 0 Å². The van der Waals surface area contributed by atoms with Crippen molar-refractivity contribution >= 4 is 37.7 Å². The molecule has 1 aromatic heterocycles. The van der Waals surface area contributed by atoms with Gasteiger partial charge in [0.05, 0.1) is 10.9 Å². The molecule has 0 N–H and O–H groups in total. The van der Waals surface area contributed by atoms with Crippen molar-refractivity contribution in [3.05, 3.63) is 50.2 Å². The number of fused-ring (bicyclic) bond motifs is 1. The Kier molecular flexibility index (Phi) is 3.90. The van der Waals surface area contributed by atoms with Crippen molar-refractivity contribution in [3.8, 4) is 11.5 Å². The average Bonchev–Trinajstić information content (AvgIpc) is 2.96. The van der Waals surface area contributed by atoms with Crippen molar-refractivity contribution in [1.82, 2.24) is 0 Å². The van der Waals surface area contributed by atoms with Crippen LogP contribution in [0.1, 0.15) is 16.2 Å². The first-order valence-corrected chi connectivity index (χ1v) is 7.74. The van der Waals surface area contributed by atoms with Crippen LogP contribution in [-0.4, -0.2) is 18.1 Å². The number of furan rings is 1. The Labute approximate surface area is 136 Å². The molecule has 1 atom stereocenters. The lowest BCUT2D eigenvalue weighted by molar-refractivity contribution is -0.402. The van der Waals surface area contributed by atoms with Gasteiger partial charge >= 0.3 is 5.88 Å². The molecule has 2 aromatic rings. The van der Waals surface area contributed by atoms with Gasteiger partial charge in [-0.2, -0.15) is 0 Å². The summed E-state index contributed by atoms with van der Waals surface area (Å²) in [6.45, 7) is 1.01. The summed E-state index contributed by atoms with van der Waals surface area (Å²) in [7, 11) is 0. The van der Waals surface area contributed by atoms with Crippen LogP contribution in [0, 0.1) is 10.1 Å². The minimum absolute atomic E-state index is 0.289. The molecule has 1 unspecified atom stereocenters. The monoisotopic (exact) mass is 417 g/mol. The third-order valence-electron chi connectivity index (χ3n) is 2.98. The second-order valence-corrected chi connectivity index (χ2v) is 6.08. The van der Waals surface area contributed by atoms with Crippen LogP contribution in [0.4, 0.5) is 5.88 Å². The van der Waals surface area contributed by atoms with E-state index in [1.54, 1.807) is 6.07 Å². The minimum Gasteiger partial charge on any atom is -0.486 e. The Bertz CT molecular complexity index is 700. The van der Waals surface area contributed by atoms with Crippen LogP contribution in [0.5, 0.6) is 11.5 Å². The second-order valence-electron chi connectivity index (χ2n) is 4.31. The van der Waals surface area contributed by atoms with Crippen LogP contribution in [0.25, 0.3) is 0 Å². The lowest BCUT2D eigenvalue weighted by Gasteiger charge is -2.21. The Morgan fingerprint density at radius 1 is 1.19 bits per heavy atom. The molecule has 1 aromatic carbocycles. The van der Waals surface area contributed by atoms with Crippen molar-refractivity contribution in [3.63, 3.8) is 0 Å². The summed E-state index contributed by atoms with van der Waals surface area (Å²) in [6.07, 6.45) is 0. The van der Waals surface area contributed by atoms with Gasteiger partial charge in [-0.05, 0) is 23.8 Å². The maximum atomic E-state index is 10.7. The lowest BCUT2D eigenvalue weighted by Crippen LogP contribution is -2.15. The zero-order chi connectivity index (χ0) is 15.0. The van der Waals surface area contributed by atoms with Crippen molar-refractivity contribution in [2.75, 3.05) is 13.2 Å². The molecule has 0 radical (unpaired) electrons. The number of hydrogen-bond acceptors (Lipinski definition) is 5. The summed E-state index contributed by atoms with van der Waals surface area (Å²) in [5.41, 5.74) is 0.837. The molecular formula is C13H9Br2NO5. The summed E-state index contributed by atoms with van der Waals surface area (Å²) >= 11 is 6.96. The fourth-order valence-electron chi connectivity index (χ4n) is 2.00. The fraction of sp³-hybridized carbons (Fsp3) is 0.231. The molecule has 0 amide bonds. The van der Waals surface area contributed by atoms with Crippen LogP contribution < -0.4 is 9.47 Å². The van der Waals surface area contributed by atoms with Gasteiger partial charge in [0.25, 0.3) is 0 Å². The average molecular weight is 419 g/mol. The van der Waals surface area contributed by atoms with E-state index in [4.69, 9.17) is 13.9 Å². The number of rotatable bonds is 3. The van der Waals surface area contributed by atoms with Crippen LogP contribution in [0.2, 0.25) is 0 Å². The van der Waals surface area contributed by atoms with Gasteiger partial charge in [0.15, 0.2) is 11.5 Å². The second kappa shape index (κ2) is 5.69. The zero-order valence-corrected chi connectivity index (χ0v) is 13.7. The van der Waals surface area contributed by atoms with E-state index in [1.165, 1.54) is 6.07 Å². The normalized spacial score (nSPS) is 14.8. The number of nitrogens with zero attached hydrogens (tertiary/aromatic N) is 1. The number of hydrogen-bond donors (Lipinski definition) is 0. The molecule has 1 aliphatic rings. The summed E-state index contributed by atoms with van der Waals surface area (Å²) in [5, 5.41) is 10.7. The van der Waals surface area contributed by atoms with E-state index in [9.17, 15) is 10.1 Å². The standard InChI is InChI=1S/C13H9Br2NO5/c14-8-6-11-10(19-3-4-20-11)5-7(8)13(15)9-1-2-12(21-9)16(17)18/h1-2,5-6,13H,3-4H2. The summed E-state index contributed by atoms with van der Waals surface area (Å²) in [6, 6.07) is 6.54. The number of benzene rings is 1. The van der Waals surface area contributed by atoms with Gasteiger partial charge < -0.3 is 13.9 Å². The van der Waals surface area contributed by atoms with Gasteiger partial charge in [-0.1, -0.05) is 31.9 Å². The molecule has 0 spiro atoms. The van der Waals surface area contributed by atoms with E-state index in [1.807, 2.05) is 12.1 Å². The van der Waals surface area contributed by atoms with E-state index in [2.05, 4.69) is 31.9 Å². The van der Waals surface area contributed by atoms with Crippen LogP contribution >= 0.6 is 31.9 Å². The fourth-order valence-corrected chi connectivity index (χ4v) is 3.49. The largest absolute Gasteiger partial charge is 0.486 e. The Hall–Kier alpha value is -1.54. The number of nitro groups is 1. The Morgan fingerprint density at radius 3 is 2.48 bits per heavy atom.